The molecule has 2 aliphatic heterocycles. The molecule has 5 heterocycles. The van der Waals surface area contributed by atoms with Crippen LogP contribution in [0.4, 0.5) is 11.8 Å². The lowest BCUT2D eigenvalue weighted by molar-refractivity contribution is 0.0851. The van der Waals surface area contributed by atoms with E-state index < -0.39 is 0 Å². The van der Waals surface area contributed by atoms with Crippen LogP contribution in [0.25, 0.3) is 27.9 Å². The van der Waals surface area contributed by atoms with E-state index in [1.54, 1.807) is 0 Å². The van der Waals surface area contributed by atoms with Crippen LogP contribution in [0.5, 0.6) is 0 Å². The maximum Gasteiger partial charge on any atom is 0.229 e. The number of nitrogens with zero attached hydrogens (tertiary/aromatic N) is 7. The van der Waals surface area contributed by atoms with Crippen LogP contribution >= 0.6 is 12.4 Å². The predicted molar refractivity (Wildman–Crippen MR) is 137 cm³/mol. The van der Waals surface area contributed by atoms with Gasteiger partial charge in [0.1, 0.15) is 17.2 Å². The molecule has 0 N–H and O–H groups in total. The molecule has 6 rings (SSSR count). The number of hydrogen-bond acceptors (Lipinski definition) is 7. The van der Waals surface area contributed by atoms with Crippen molar-refractivity contribution in [3.8, 4) is 11.4 Å². The maximum absolute atomic E-state index is 5.60. The summed E-state index contributed by atoms with van der Waals surface area (Å²) in [6.45, 7) is 5.70. The van der Waals surface area contributed by atoms with E-state index >= 15 is 0 Å². The summed E-state index contributed by atoms with van der Waals surface area (Å²) in [6.07, 6.45) is 4.43. The molecule has 2 saturated heterocycles. The molecule has 8 nitrogen and oxygen atoms in total. The Morgan fingerprint density at radius 1 is 0.971 bits per heavy atom. The van der Waals surface area contributed by atoms with Crippen LogP contribution in [-0.2, 0) is 4.74 Å². The first-order chi connectivity index (χ1) is 16.2. The maximum atomic E-state index is 5.60. The van der Waals surface area contributed by atoms with Crippen LogP contribution in [0, 0.1) is 6.92 Å². The SMILES string of the molecule is Cc1nc2ccccc2nc1-c1cc2cc(N3CCCC3)nc(N(C)C3CCOCC3)n2n1.Cl. The van der Waals surface area contributed by atoms with E-state index in [1.807, 2.05) is 35.7 Å². The largest absolute Gasteiger partial charge is 0.381 e. The van der Waals surface area contributed by atoms with Crippen molar-refractivity contribution in [2.45, 2.75) is 38.6 Å². The topological polar surface area (TPSA) is 71.7 Å². The summed E-state index contributed by atoms with van der Waals surface area (Å²) in [5, 5.41) is 4.99. The Bertz CT molecular complexity index is 1310. The van der Waals surface area contributed by atoms with E-state index in [1.165, 1.54) is 12.8 Å². The minimum atomic E-state index is 0. The number of benzene rings is 1. The lowest BCUT2D eigenvalue weighted by Crippen LogP contribution is -2.38. The monoisotopic (exact) mass is 479 g/mol. The third-order valence-electron chi connectivity index (χ3n) is 6.89. The van der Waals surface area contributed by atoms with Crippen molar-refractivity contribution in [3.63, 3.8) is 0 Å². The van der Waals surface area contributed by atoms with E-state index in [2.05, 4.69) is 29.0 Å². The summed E-state index contributed by atoms with van der Waals surface area (Å²) in [4.78, 5) is 19.5. The van der Waals surface area contributed by atoms with Gasteiger partial charge in [-0.15, -0.1) is 12.4 Å². The Morgan fingerprint density at radius 2 is 1.68 bits per heavy atom. The van der Waals surface area contributed by atoms with Gasteiger partial charge in [-0.3, -0.25) is 0 Å². The second kappa shape index (κ2) is 9.35. The molecule has 2 aliphatic rings. The summed E-state index contributed by atoms with van der Waals surface area (Å²) in [7, 11) is 2.13. The molecule has 1 aromatic carbocycles. The van der Waals surface area contributed by atoms with Crippen molar-refractivity contribution in [1.29, 1.82) is 0 Å². The average Bonchev–Trinajstić information content (AvgIpc) is 3.53. The van der Waals surface area contributed by atoms with Gasteiger partial charge in [0.25, 0.3) is 0 Å². The summed E-state index contributed by atoms with van der Waals surface area (Å²) in [5.41, 5.74) is 5.34. The first kappa shape index (κ1) is 22.8. The summed E-state index contributed by atoms with van der Waals surface area (Å²) in [5.74, 6) is 1.90. The highest BCUT2D eigenvalue weighted by Crippen LogP contribution is 2.30. The molecule has 0 unspecified atom stereocenters. The second-order valence-corrected chi connectivity index (χ2v) is 9.08. The van der Waals surface area contributed by atoms with E-state index in [4.69, 9.17) is 24.8 Å². The normalized spacial score (nSPS) is 16.8. The fourth-order valence-corrected chi connectivity index (χ4v) is 4.99. The molecule has 0 bridgehead atoms. The van der Waals surface area contributed by atoms with Gasteiger partial charge in [-0.2, -0.15) is 14.6 Å². The molecular weight excluding hydrogens is 450 g/mol. The third kappa shape index (κ3) is 4.05. The molecule has 0 aliphatic carbocycles. The lowest BCUT2D eigenvalue weighted by atomic mass is 10.1. The average molecular weight is 480 g/mol. The summed E-state index contributed by atoms with van der Waals surface area (Å²) >= 11 is 0. The molecule has 0 radical (unpaired) electrons. The lowest BCUT2D eigenvalue weighted by Gasteiger charge is -2.32. The molecule has 3 aromatic heterocycles. The van der Waals surface area contributed by atoms with Gasteiger partial charge in [0.05, 0.1) is 22.2 Å². The minimum Gasteiger partial charge on any atom is -0.381 e. The van der Waals surface area contributed by atoms with Crippen LogP contribution in [0.3, 0.4) is 0 Å². The standard InChI is InChI=1S/C25H29N7O.ClH/c1-17-24(27-21-8-4-3-7-20(21)26-17)22-15-19-16-23(31-11-5-6-12-31)28-25(32(19)29-22)30(2)18-9-13-33-14-10-18;/h3-4,7-8,15-16,18H,5-6,9-14H2,1-2H3;1H. The van der Waals surface area contributed by atoms with Gasteiger partial charge in [-0.25, -0.2) is 9.97 Å². The van der Waals surface area contributed by atoms with Crippen molar-refractivity contribution in [2.24, 2.45) is 0 Å². The van der Waals surface area contributed by atoms with Gasteiger partial charge in [0.2, 0.25) is 5.95 Å². The first-order valence-electron chi connectivity index (χ1n) is 11.9. The van der Waals surface area contributed by atoms with Crippen LogP contribution in [-0.4, -0.2) is 64.0 Å². The Morgan fingerprint density at radius 3 is 2.41 bits per heavy atom. The predicted octanol–water partition coefficient (Wildman–Crippen LogP) is 4.29. The van der Waals surface area contributed by atoms with Gasteiger partial charge < -0.3 is 14.5 Å². The zero-order chi connectivity index (χ0) is 22.4. The number of para-hydroxylation sites is 2. The van der Waals surface area contributed by atoms with Gasteiger partial charge in [-0.1, -0.05) is 12.1 Å². The Hall–Kier alpha value is -2.97. The van der Waals surface area contributed by atoms with E-state index in [0.29, 0.717) is 6.04 Å². The quantitative estimate of drug-likeness (QED) is 0.432. The smallest absolute Gasteiger partial charge is 0.229 e. The molecule has 4 aromatic rings. The number of aromatic nitrogens is 5. The number of ether oxygens (including phenoxy) is 1. The molecule has 9 heteroatoms. The number of aryl methyl sites for hydroxylation is 1. The third-order valence-corrected chi connectivity index (χ3v) is 6.89. The van der Waals surface area contributed by atoms with Gasteiger partial charge in [0.15, 0.2) is 0 Å². The molecular formula is C25H30ClN7O. The Labute approximate surface area is 205 Å². The second-order valence-electron chi connectivity index (χ2n) is 9.08. The number of anilines is 2. The zero-order valence-electron chi connectivity index (χ0n) is 19.6. The van der Waals surface area contributed by atoms with Gasteiger partial charge in [0, 0.05) is 45.5 Å². The Kier molecular flexibility index (Phi) is 6.27. The van der Waals surface area contributed by atoms with E-state index in [-0.39, 0.29) is 12.4 Å². The molecule has 0 amide bonds. The van der Waals surface area contributed by atoms with Crippen molar-refractivity contribution in [2.75, 3.05) is 43.2 Å². The highest BCUT2D eigenvalue weighted by molar-refractivity contribution is 5.85. The van der Waals surface area contributed by atoms with Crippen LogP contribution in [0.1, 0.15) is 31.4 Å². The van der Waals surface area contributed by atoms with Gasteiger partial charge >= 0.3 is 0 Å². The molecule has 0 atom stereocenters. The number of halogens is 1. The minimum absolute atomic E-state index is 0. The number of rotatable bonds is 4. The van der Waals surface area contributed by atoms with Gasteiger partial charge in [-0.05, 0) is 50.8 Å². The fraction of sp³-hybridized carbons (Fsp3) is 0.440. The first-order valence-corrected chi connectivity index (χ1v) is 11.9. The van der Waals surface area contributed by atoms with E-state index in [0.717, 1.165) is 84.5 Å². The summed E-state index contributed by atoms with van der Waals surface area (Å²) in [6, 6.07) is 12.6. The van der Waals surface area contributed by atoms with Crippen molar-refractivity contribution < 1.29 is 4.74 Å². The number of fused-ring (bicyclic) bond motifs is 2. The Balaban J connectivity index is 0.00000241. The number of hydrogen-bond donors (Lipinski definition) is 0. The van der Waals surface area contributed by atoms with Crippen molar-refractivity contribution in [1.82, 2.24) is 24.6 Å². The van der Waals surface area contributed by atoms with Crippen molar-refractivity contribution >= 4 is 40.7 Å². The fourth-order valence-electron chi connectivity index (χ4n) is 4.99. The highest BCUT2D eigenvalue weighted by atomic mass is 35.5. The molecule has 178 valence electrons. The molecule has 0 spiro atoms. The van der Waals surface area contributed by atoms with E-state index in [9.17, 15) is 0 Å². The van der Waals surface area contributed by atoms with Crippen LogP contribution in [0.2, 0.25) is 0 Å². The van der Waals surface area contributed by atoms with Crippen molar-refractivity contribution in [3.05, 3.63) is 42.1 Å². The highest BCUT2D eigenvalue weighted by Gasteiger charge is 2.25. The van der Waals surface area contributed by atoms with Crippen LogP contribution in [0.15, 0.2) is 36.4 Å². The zero-order valence-corrected chi connectivity index (χ0v) is 20.5. The van der Waals surface area contributed by atoms with Crippen LogP contribution < -0.4 is 9.80 Å². The molecule has 0 saturated carbocycles. The molecule has 2 fully saturated rings. The summed E-state index contributed by atoms with van der Waals surface area (Å²) < 4.78 is 7.57. The molecule has 34 heavy (non-hydrogen) atoms.